The van der Waals surface area contributed by atoms with Gasteiger partial charge < -0.3 is 16.0 Å². The van der Waals surface area contributed by atoms with Gasteiger partial charge in [0.15, 0.2) is 5.65 Å². The highest BCUT2D eigenvalue weighted by Crippen LogP contribution is 2.30. The first-order valence-electron chi connectivity index (χ1n) is 9.98. The molecule has 2 aromatic carbocycles. The van der Waals surface area contributed by atoms with Gasteiger partial charge in [0.2, 0.25) is 5.95 Å². The van der Waals surface area contributed by atoms with Crippen molar-refractivity contribution in [3.63, 3.8) is 0 Å². The van der Waals surface area contributed by atoms with Crippen LogP contribution >= 0.6 is 23.2 Å². The van der Waals surface area contributed by atoms with Crippen LogP contribution in [0.1, 0.15) is 11.1 Å². The summed E-state index contributed by atoms with van der Waals surface area (Å²) in [5, 5.41) is 4.17. The van der Waals surface area contributed by atoms with Crippen molar-refractivity contribution in [2.24, 2.45) is 0 Å². The summed E-state index contributed by atoms with van der Waals surface area (Å²) in [6.45, 7) is 1.95. The fourth-order valence-corrected chi connectivity index (χ4v) is 4.45. The van der Waals surface area contributed by atoms with Crippen LogP contribution in [0.2, 0.25) is 10.0 Å². The summed E-state index contributed by atoms with van der Waals surface area (Å²) in [5.74, 6) is 0.430. The molecule has 1 aliphatic rings. The summed E-state index contributed by atoms with van der Waals surface area (Å²) in [7, 11) is 2.11. The molecule has 0 saturated carbocycles. The van der Waals surface area contributed by atoms with Crippen molar-refractivity contribution >= 4 is 51.7 Å². The molecule has 0 atom stereocenters. The molecular weight excluding hydrogens is 449 g/mol. The lowest BCUT2D eigenvalue weighted by molar-refractivity contribution is 0.313. The number of nitrogens with two attached hydrogens (primary N) is 1. The van der Waals surface area contributed by atoms with Gasteiger partial charge >= 0.3 is 5.69 Å². The number of para-hydroxylation sites is 1. The van der Waals surface area contributed by atoms with Gasteiger partial charge in [-0.1, -0.05) is 35.3 Å². The number of hydrogen-bond acceptors (Lipinski definition) is 7. The van der Waals surface area contributed by atoms with Crippen molar-refractivity contribution in [2.75, 3.05) is 24.6 Å². The van der Waals surface area contributed by atoms with Crippen LogP contribution in [0.25, 0.3) is 16.7 Å². The standard InChI is InChI=1S/C22H19Cl2N7O/c1-30-8-7-12-5-6-14(9-13(12)11-30)27-21-26-10-15-19(25)31(22(32)29-20(15)28-21)18-16(23)3-2-4-17(18)24/h2-6,9-10H,7-8,11,25H2,1H3,(H,27,28,29,32). The lowest BCUT2D eigenvalue weighted by Gasteiger charge is -2.25. The largest absolute Gasteiger partial charge is 0.384 e. The number of fused-ring (bicyclic) bond motifs is 2. The highest BCUT2D eigenvalue weighted by atomic mass is 35.5. The average Bonchev–Trinajstić information content (AvgIpc) is 2.75. The van der Waals surface area contributed by atoms with E-state index in [0.29, 0.717) is 11.3 Å². The van der Waals surface area contributed by atoms with Crippen LogP contribution in [0.15, 0.2) is 47.4 Å². The number of hydrogen-bond donors (Lipinski definition) is 2. The summed E-state index contributed by atoms with van der Waals surface area (Å²) in [4.78, 5) is 27.9. The zero-order valence-electron chi connectivity index (χ0n) is 17.1. The van der Waals surface area contributed by atoms with E-state index in [0.717, 1.165) is 25.2 Å². The quantitative estimate of drug-likeness (QED) is 0.472. The molecule has 32 heavy (non-hydrogen) atoms. The monoisotopic (exact) mass is 467 g/mol. The molecule has 0 unspecified atom stereocenters. The minimum atomic E-state index is -0.633. The van der Waals surface area contributed by atoms with E-state index >= 15 is 0 Å². The fraction of sp³-hybridized carbons (Fsp3) is 0.182. The van der Waals surface area contributed by atoms with Crippen molar-refractivity contribution in [2.45, 2.75) is 13.0 Å². The van der Waals surface area contributed by atoms with E-state index < -0.39 is 5.69 Å². The lowest BCUT2D eigenvalue weighted by atomic mass is 9.99. The van der Waals surface area contributed by atoms with Crippen molar-refractivity contribution < 1.29 is 0 Å². The predicted octanol–water partition coefficient (Wildman–Crippen LogP) is 3.80. The highest BCUT2D eigenvalue weighted by molar-refractivity contribution is 6.37. The summed E-state index contributed by atoms with van der Waals surface area (Å²) in [6, 6.07) is 11.1. The Morgan fingerprint density at radius 3 is 2.66 bits per heavy atom. The van der Waals surface area contributed by atoms with Gasteiger partial charge in [-0.2, -0.15) is 9.97 Å². The lowest BCUT2D eigenvalue weighted by Crippen LogP contribution is -2.26. The Hall–Kier alpha value is -3.20. The number of rotatable bonds is 3. The second-order valence-corrected chi connectivity index (χ2v) is 8.53. The maximum absolute atomic E-state index is 12.8. The number of anilines is 3. The second-order valence-electron chi connectivity index (χ2n) is 7.71. The van der Waals surface area contributed by atoms with E-state index in [1.807, 2.05) is 6.07 Å². The zero-order valence-corrected chi connectivity index (χ0v) is 18.7. The van der Waals surface area contributed by atoms with E-state index in [4.69, 9.17) is 28.9 Å². The number of nitrogens with one attached hydrogen (secondary N) is 1. The normalized spacial score (nSPS) is 13.8. The molecule has 4 aromatic rings. The molecule has 5 rings (SSSR count). The van der Waals surface area contributed by atoms with Crippen molar-refractivity contribution in [1.82, 2.24) is 24.4 Å². The molecular formula is C22H19Cl2N7O. The first kappa shape index (κ1) is 20.7. The van der Waals surface area contributed by atoms with Crippen LogP contribution in [0.3, 0.4) is 0 Å². The molecule has 2 aromatic heterocycles. The summed E-state index contributed by atoms with van der Waals surface area (Å²) in [5.41, 5.74) is 9.59. The zero-order chi connectivity index (χ0) is 22.4. The molecule has 8 nitrogen and oxygen atoms in total. The van der Waals surface area contributed by atoms with E-state index in [-0.39, 0.29) is 27.2 Å². The minimum absolute atomic E-state index is 0.110. The van der Waals surface area contributed by atoms with E-state index in [2.05, 4.69) is 44.3 Å². The van der Waals surface area contributed by atoms with Gasteiger partial charge in [-0.15, -0.1) is 0 Å². The van der Waals surface area contributed by atoms with Crippen molar-refractivity contribution in [1.29, 1.82) is 0 Å². The third-order valence-corrected chi connectivity index (χ3v) is 6.12. The van der Waals surface area contributed by atoms with Crippen LogP contribution in [0.4, 0.5) is 17.5 Å². The number of likely N-dealkylation sites (N-methyl/N-ethyl adjacent to an activating group) is 1. The third-order valence-electron chi connectivity index (χ3n) is 5.51. The molecule has 0 saturated heterocycles. The van der Waals surface area contributed by atoms with Crippen molar-refractivity contribution in [3.05, 3.63) is 74.3 Å². The highest BCUT2D eigenvalue weighted by Gasteiger charge is 2.18. The fourth-order valence-electron chi connectivity index (χ4n) is 3.89. The second kappa shape index (κ2) is 8.05. The van der Waals surface area contributed by atoms with Gasteiger partial charge in [-0.3, -0.25) is 0 Å². The molecule has 0 spiro atoms. The smallest absolute Gasteiger partial charge is 0.355 e. The maximum atomic E-state index is 12.8. The molecule has 3 N–H and O–H groups in total. The number of benzene rings is 2. The molecule has 10 heteroatoms. The Labute approximate surface area is 193 Å². The van der Waals surface area contributed by atoms with E-state index in [1.54, 1.807) is 18.2 Å². The molecule has 0 fully saturated rings. The number of halogens is 2. The minimum Gasteiger partial charge on any atom is -0.384 e. The Bertz CT molecular complexity index is 1400. The maximum Gasteiger partial charge on any atom is 0.355 e. The Morgan fingerprint density at radius 1 is 1.09 bits per heavy atom. The predicted molar refractivity (Wildman–Crippen MR) is 127 cm³/mol. The van der Waals surface area contributed by atoms with Crippen LogP contribution in [-0.2, 0) is 13.0 Å². The summed E-state index contributed by atoms with van der Waals surface area (Å²) < 4.78 is 1.17. The van der Waals surface area contributed by atoms with Crippen LogP contribution in [0.5, 0.6) is 0 Å². The molecule has 162 valence electrons. The van der Waals surface area contributed by atoms with Gasteiger partial charge in [0, 0.05) is 25.0 Å². The first-order valence-corrected chi connectivity index (χ1v) is 10.7. The van der Waals surface area contributed by atoms with Crippen LogP contribution in [-0.4, -0.2) is 38.0 Å². The molecule has 0 radical (unpaired) electrons. The van der Waals surface area contributed by atoms with Crippen LogP contribution < -0.4 is 16.7 Å². The molecule has 1 aliphatic heterocycles. The topological polar surface area (TPSA) is 102 Å². The third kappa shape index (κ3) is 3.66. The number of aromatic nitrogens is 4. The Morgan fingerprint density at radius 2 is 1.88 bits per heavy atom. The molecule has 0 bridgehead atoms. The Kier molecular flexibility index (Phi) is 5.21. The van der Waals surface area contributed by atoms with Gasteiger partial charge in [-0.05, 0) is 48.9 Å². The number of nitrogen functional groups attached to an aromatic ring is 1. The molecule has 0 amide bonds. The molecule has 3 heterocycles. The molecule has 0 aliphatic carbocycles. The van der Waals surface area contributed by atoms with Crippen LogP contribution in [0, 0.1) is 0 Å². The van der Waals surface area contributed by atoms with Gasteiger partial charge in [0.25, 0.3) is 0 Å². The number of nitrogens with zero attached hydrogens (tertiary/aromatic N) is 5. The average molecular weight is 468 g/mol. The van der Waals surface area contributed by atoms with E-state index in [9.17, 15) is 4.79 Å². The van der Waals surface area contributed by atoms with Crippen molar-refractivity contribution in [3.8, 4) is 5.69 Å². The SMILES string of the molecule is CN1CCc2ccc(Nc3ncc4c(N)n(-c5c(Cl)cccc5Cl)c(=O)nc4n3)cc2C1. The Balaban J connectivity index is 1.53. The summed E-state index contributed by atoms with van der Waals surface area (Å²) >= 11 is 12.5. The van der Waals surface area contributed by atoms with Gasteiger partial charge in [-0.25, -0.2) is 14.3 Å². The first-order chi connectivity index (χ1) is 15.4. The summed E-state index contributed by atoms with van der Waals surface area (Å²) in [6.07, 6.45) is 2.56. The van der Waals surface area contributed by atoms with Gasteiger partial charge in [0.1, 0.15) is 5.82 Å². The van der Waals surface area contributed by atoms with E-state index in [1.165, 1.54) is 21.9 Å². The van der Waals surface area contributed by atoms with Gasteiger partial charge in [0.05, 0.1) is 21.1 Å².